The first-order chi connectivity index (χ1) is 14.2. The van der Waals surface area contributed by atoms with Crippen LogP contribution in [-0.4, -0.2) is 28.0 Å². The van der Waals surface area contributed by atoms with Crippen LogP contribution in [0.2, 0.25) is 5.04 Å². The summed E-state index contributed by atoms with van der Waals surface area (Å²) in [5.41, 5.74) is 2.05. The first-order valence-electron chi connectivity index (χ1n) is 10.2. The second-order valence-electron chi connectivity index (χ2n) is 8.36. The largest absolute Gasteiger partial charge is 0.424 e. The van der Waals surface area contributed by atoms with Crippen LogP contribution in [0, 0.1) is 0 Å². The van der Waals surface area contributed by atoms with Crippen molar-refractivity contribution in [1.82, 2.24) is 9.78 Å². The number of nitrogens with zero attached hydrogens (tertiary/aromatic N) is 2. The van der Waals surface area contributed by atoms with Crippen molar-refractivity contribution in [2.45, 2.75) is 44.4 Å². The lowest BCUT2D eigenvalue weighted by molar-refractivity contribution is -0.109. The molecule has 30 heavy (non-hydrogen) atoms. The Kier molecular flexibility index (Phi) is 7.01. The summed E-state index contributed by atoms with van der Waals surface area (Å²) in [6.45, 7) is 5.94. The molecule has 158 valence electrons. The number of carbonyl (C=O) groups excluding carboxylic acids is 1. The molecule has 2 aromatic carbocycles. The minimum absolute atomic E-state index is 0.102. The highest BCUT2D eigenvalue weighted by atomic mass is 32.2. The molecule has 0 saturated carbocycles. The summed E-state index contributed by atoms with van der Waals surface area (Å²) in [7, 11) is -1.06. The first kappa shape index (κ1) is 22.5. The Morgan fingerprint density at radius 2 is 1.60 bits per heavy atom. The van der Waals surface area contributed by atoms with Gasteiger partial charge in [-0.1, -0.05) is 86.3 Å². The van der Waals surface area contributed by atoms with Gasteiger partial charge in [-0.05, 0) is 34.3 Å². The Morgan fingerprint density at radius 1 is 1.07 bits per heavy atom. The minimum Gasteiger partial charge on any atom is -0.424 e. The molecule has 0 aliphatic heterocycles. The zero-order valence-electron chi connectivity index (χ0n) is 18.1. The summed E-state index contributed by atoms with van der Waals surface area (Å²) in [5, 5.41) is 6.42. The number of hydrogen-bond acceptors (Lipinski definition) is 4. The summed E-state index contributed by atoms with van der Waals surface area (Å²) in [6, 6.07) is 22.3. The minimum atomic E-state index is -3.00. The maximum Gasteiger partial charge on any atom is 0.258 e. The third-order valence-corrected chi connectivity index (χ3v) is 11.2. The second-order valence-corrected chi connectivity index (χ2v) is 13.4. The molecule has 0 amide bonds. The van der Waals surface area contributed by atoms with E-state index in [0.29, 0.717) is 5.75 Å². The van der Waals surface area contributed by atoms with Crippen molar-refractivity contribution in [3.05, 3.63) is 78.1 Å². The van der Waals surface area contributed by atoms with Gasteiger partial charge in [0.15, 0.2) is 5.12 Å². The van der Waals surface area contributed by atoms with Gasteiger partial charge >= 0.3 is 0 Å². The first-order valence-corrected chi connectivity index (χ1v) is 13.2. The average molecular weight is 439 g/mol. The molecule has 0 spiro atoms. The summed E-state index contributed by atoms with van der Waals surface area (Å²) in [6.07, 6.45) is 1.65. The quantitative estimate of drug-likeness (QED) is 0.545. The summed E-state index contributed by atoms with van der Waals surface area (Å²) in [4.78, 5) is 23.5. The van der Waals surface area contributed by atoms with Crippen molar-refractivity contribution in [1.29, 1.82) is 0 Å². The fourth-order valence-electron chi connectivity index (χ4n) is 3.98. The molecule has 0 saturated heterocycles. The molecule has 0 bridgehead atoms. The van der Waals surface area contributed by atoms with Crippen LogP contribution in [0.15, 0.2) is 66.7 Å². The van der Waals surface area contributed by atoms with Gasteiger partial charge in [0.05, 0.1) is 5.69 Å². The number of carbonyl (C=O) groups is 1. The van der Waals surface area contributed by atoms with Crippen LogP contribution in [-0.2, 0) is 24.0 Å². The Hall–Kier alpha value is -2.15. The van der Waals surface area contributed by atoms with Gasteiger partial charge in [-0.15, -0.1) is 0 Å². The van der Waals surface area contributed by atoms with Gasteiger partial charge < -0.3 is 4.80 Å². The number of aromatic nitrogens is 2. The molecule has 0 aliphatic rings. The molecule has 6 heteroatoms. The molecular formula is C24H30N2O2SSi. The van der Waals surface area contributed by atoms with E-state index in [2.05, 4.69) is 49.3 Å². The van der Waals surface area contributed by atoms with Crippen molar-refractivity contribution in [3.8, 4) is 0 Å². The lowest BCUT2D eigenvalue weighted by Crippen LogP contribution is -2.65. The fraction of sp³-hybridized carbons (Fsp3) is 0.333. The average Bonchev–Trinajstić information content (AvgIpc) is 3.11. The maximum atomic E-state index is 12.3. The van der Waals surface area contributed by atoms with E-state index in [1.54, 1.807) is 6.92 Å². The molecule has 0 unspecified atom stereocenters. The van der Waals surface area contributed by atoms with Crippen LogP contribution >= 0.6 is 11.8 Å². The molecule has 1 N–H and O–H groups in total. The van der Waals surface area contributed by atoms with Crippen LogP contribution in [0.1, 0.15) is 38.6 Å². The smallest absolute Gasteiger partial charge is 0.258 e. The Bertz CT molecular complexity index is 947. The van der Waals surface area contributed by atoms with Crippen LogP contribution in [0.4, 0.5) is 0 Å². The van der Waals surface area contributed by atoms with E-state index in [1.165, 1.54) is 11.8 Å². The molecule has 1 heterocycles. The number of aryl methyl sites for hydroxylation is 2. The van der Waals surface area contributed by atoms with Crippen LogP contribution in [0.5, 0.6) is 0 Å². The van der Waals surface area contributed by atoms with E-state index < -0.39 is 8.32 Å². The van der Waals surface area contributed by atoms with Crippen molar-refractivity contribution < 1.29 is 9.59 Å². The Morgan fingerprint density at radius 3 is 2.10 bits per heavy atom. The lowest BCUT2D eigenvalue weighted by Gasteiger charge is -2.41. The van der Waals surface area contributed by atoms with E-state index in [4.69, 9.17) is 0 Å². The van der Waals surface area contributed by atoms with E-state index in [1.807, 2.05) is 48.1 Å². The van der Waals surface area contributed by atoms with E-state index in [9.17, 15) is 9.59 Å². The molecular weight excluding hydrogens is 408 g/mol. The molecule has 3 aromatic rings. The standard InChI is InChI=1S/C24H30N2O2SSi/c1-19(27)29-18-20-17-21(26(4)25-20)15-16-24(2,3)30(28,22-11-7-5-8-12-22)23-13-9-6-10-14-23/h5-14,17,28H,15-16,18H2,1-4H3. The maximum absolute atomic E-state index is 12.3. The van der Waals surface area contributed by atoms with Gasteiger partial charge in [0, 0.05) is 25.4 Å². The number of benzene rings is 2. The number of thioether (sulfide) groups is 1. The highest BCUT2D eigenvalue weighted by Gasteiger charge is 2.49. The summed E-state index contributed by atoms with van der Waals surface area (Å²) in [5.74, 6) is 0.597. The Labute approximate surface area is 184 Å². The predicted molar refractivity (Wildman–Crippen MR) is 128 cm³/mol. The van der Waals surface area contributed by atoms with Crippen molar-refractivity contribution >= 4 is 35.6 Å². The van der Waals surface area contributed by atoms with Crippen LogP contribution < -0.4 is 10.4 Å². The van der Waals surface area contributed by atoms with Gasteiger partial charge in [-0.2, -0.15) is 5.10 Å². The number of hydrogen-bond donors (Lipinski definition) is 1. The zero-order chi connectivity index (χ0) is 21.8. The van der Waals surface area contributed by atoms with Gasteiger partial charge in [0.2, 0.25) is 0 Å². The molecule has 4 nitrogen and oxygen atoms in total. The molecule has 0 aliphatic carbocycles. The van der Waals surface area contributed by atoms with Crippen LogP contribution in [0.25, 0.3) is 0 Å². The molecule has 0 radical (unpaired) electrons. The third kappa shape index (κ3) is 4.77. The molecule has 0 atom stereocenters. The van der Waals surface area contributed by atoms with E-state index >= 15 is 0 Å². The van der Waals surface area contributed by atoms with Crippen molar-refractivity contribution in [2.24, 2.45) is 7.05 Å². The third-order valence-electron chi connectivity index (χ3n) is 5.82. The molecule has 0 fully saturated rings. The number of rotatable bonds is 8. The monoisotopic (exact) mass is 438 g/mol. The van der Waals surface area contributed by atoms with Gasteiger partial charge in [-0.25, -0.2) is 0 Å². The highest BCUT2D eigenvalue weighted by Crippen LogP contribution is 2.39. The van der Waals surface area contributed by atoms with Gasteiger partial charge in [0.25, 0.3) is 8.32 Å². The molecule has 3 rings (SSSR count). The topological polar surface area (TPSA) is 55.1 Å². The highest BCUT2D eigenvalue weighted by molar-refractivity contribution is 8.12. The summed E-state index contributed by atoms with van der Waals surface area (Å²) < 4.78 is 1.90. The predicted octanol–water partition coefficient (Wildman–Crippen LogP) is 3.66. The normalized spacial score (nSPS) is 12.2. The SMILES string of the molecule is CC(=O)SCc1cc(CCC(C)(C)[Si](O)(c2ccccc2)c2ccccc2)n(C)n1. The lowest BCUT2D eigenvalue weighted by atomic mass is 10.0. The van der Waals surface area contributed by atoms with Crippen molar-refractivity contribution in [2.75, 3.05) is 0 Å². The molecule has 1 aromatic heterocycles. The van der Waals surface area contributed by atoms with E-state index in [-0.39, 0.29) is 10.2 Å². The van der Waals surface area contributed by atoms with E-state index in [0.717, 1.165) is 34.6 Å². The second kappa shape index (κ2) is 9.33. The van der Waals surface area contributed by atoms with Crippen molar-refractivity contribution in [3.63, 3.8) is 0 Å². The van der Waals surface area contributed by atoms with Gasteiger partial charge in [0.1, 0.15) is 0 Å². The fourth-order valence-corrected chi connectivity index (χ4v) is 8.20. The Balaban J connectivity index is 1.87. The van der Waals surface area contributed by atoms with Gasteiger partial charge in [-0.3, -0.25) is 9.48 Å². The van der Waals surface area contributed by atoms with Crippen LogP contribution in [0.3, 0.4) is 0 Å². The zero-order valence-corrected chi connectivity index (χ0v) is 19.9. The summed E-state index contributed by atoms with van der Waals surface area (Å²) >= 11 is 1.28.